The smallest absolute Gasteiger partial charge is 0.274 e. The topological polar surface area (TPSA) is 58.4 Å². The van der Waals surface area contributed by atoms with Crippen molar-refractivity contribution >= 4 is 11.8 Å². The van der Waals surface area contributed by atoms with Crippen molar-refractivity contribution in [2.75, 3.05) is 31.6 Å². The maximum Gasteiger partial charge on any atom is 0.274 e. The summed E-state index contributed by atoms with van der Waals surface area (Å²) in [6, 6.07) is 0. The highest BCUT2D eigenvalue weighted by molar-refractivity contribution is 7.98. The number of rotatable bonds is 4. The van der Waals surface area contributed by atoms with E-state index in [0.29, 0.717) is 5.82 Å². The van der Waals surface area contributed by atoms with E-state index in [-0.39, 0.29) is 0 Å². The van der Waals surface area contributed by atoms with Gasteiger partial charge in [-0.3, -0.25) is 10.1 Å². The van der Waals surface area contributed by atoms with Gasteiger partial charge >= 0.3 is 0 Å². The van der Waals surface area contributed by atoms with Crippen molar-refractivity contribution in [3.8, 4) is 0 Å². The van der Waals surface area contributed by atoms with E-state index in [4.69, 9.17) is 0 Å². The van der Waals surface area contributed by atoms with Gasteiger partial charge in [0.05, 0.1) is 4.92 Å². The SMILES string of the molecule is CSCCN1CCN/C1=C/[N+](=O)[O-]. The van der Waals surface area contributed by atoms with E-state index >= 15 is 0 Å². The van der Waals surface area contributed by atoms with Crippen LogP contribution in [0.2, 0.25) is 0 Å². The van der Waals surface area contributed by atoms with Crippen LogP contribution in [0.5, 0.6) is 0 Å². The Morgan fingerprint density at radius 1 is 1.85 bits per heavy atom. The minimum Gasteiger partial charge on any atom is -0.365 e. The normalized spacial score (nSPS) is 19.2. The molecular formula is C7H13N3O2S. The number of nitrogens with one attached hydrogen (secondary N) is 1. The lowest BCUT2D eigenvalue weighted by molar-refractivity contribution is -0.404. The molecule has 1 aliphatic rings. The molecule has 1 aliphatic heterocycles. The highest BCUT2D eigenvalue weighted by Crippen LogP contribution is 2.07. The standard InChI is InChI=1S/C7H13N3O2S/c1-13-5-4-9-3-2-8-7(9)6-10(11)12/h6,8H,2-5H2,1H3/b7-6-. The fraction of sp³-hybridized carbons (Fsp3) is 0.714. The highest BCUT2D eigenvalue weighted by atomic mass is 32.2. The molecule has 13 heavy (non-hydrogen) atoms. The summed E-state index contributed by atoms with van der Waals surface area (Å²) in [5.41, 5.74) is 0. The van der Waals surface area contributed by atoms with Crippen LogP contribution in [0.1, 0.15) is 0 Å². The summed E-state index contributed by atoms with van der Waals surface area (Å²) in [5, 5.41) is 13.2. The lowest BCUT2D eigenvalue weighted by atomic mass is 10.5. The summed E-state index contributed by atoms with van der Waals surface area (Å²) in [7, 11) is 0. The molecule has 0 spiro atoms. The van der Waals surface area contributed by atoms with Gasteiger partial charge in [0.15, 0.2) is 5.82 Å². The first kappa shape index (κ1) is 10.2. The highest BCUT2D eigenvalue weighted by Gasteiger charge is 2.18. The zero-order valence-electron chi connectivity index (χ0n) is 7.52. The first-order chi connectivity index (χ1) is 6.24. The Labute approximate surface area is 81.3 Å². The van der Waals surface area contributed by atoms with E-state index in [2.05, 4.69) is 5.32 Å². The average molecular weight is 203 g/mol. The number of hydrogen-bond donors (Lipinski definition) is 1. The fourth-order valence-corrected chi connectivity index (χ4v) is 1.62. The Morgan fingerprint density at radius 2 is 2.62 bits per heavy atom. The molecule has 0 radical (unpaired) electrons. The second kappa shape index (κ2) is 4.96. The lowest BCUT2D eigenvalue weighted by Gasteiger charge is -2.15. The van der Waals surface area contributed by atoms with Gasteiger partial charge in [-0.05, 0) is 6.26 Å². The Morgan fingerprint density at radius 3 is 3.23 bits per heavy atom. The molecule has 0 saturated carbocycles. The monoisotopic (exact) mass is 203 g/mol. The fourth-order valence-electron chi connectivity index (χ4n) is 1.21. The van der Waals surface area contributed by atoms with Crippen molar-refractivity contribution in [3.05, 3.63) is 22.1 Å². The molecule has 0 aromatic carbocycles. The molecule has 0 bridgehead atoms. The Balaban J connectivity index is 2.48. The third-order valence-corrected chi connectivity index (χ3v) is 2.41. The van der Waals surface area contributed by atoms with Crippen LogP contribution in [0.4, 0.5) is 0 Å². The quantitative estimate of drug-likeness (QED) is 0.527. The van der Waals surface area contributed by atoms with Gasteiger partial charge in [-0.25, -0.2) is 0 Å². The van der Waals surface area contributed by atoms with E-state index < -0.39 is 4.92 Å². The minimum atomic E-state index is -0.417. The molecule has 5 nitrogen and oxygen atoms in total. The van der Waals surface area contributed by atoms with Crippen molar-refractivity contribution in [2.24, 2.45) is 0 Å². The summed E-state index contributed by atoms with van der Waals surface area (Å²) in [6.45, 7) is 2.53. The second-order valence-corrected chi connectivity index (χ2v) is 3.69. The lowest BCUT2D eigenvalue weighted by Crippen LogP contribution is -2.23. The number of nitrogens with zero attached hydrogens (tertiary/aromatic N) is 2. The van der Waals surface area contributed by atoms with Gasteiger partial charge in [-0.2, -0.15) is 11.8 Å². The summed E-state index contributed by atoms with van der Waals surface area (Å²) < 4.78 is 0. The second-order valence-electron chi connectivity index (χ2n) is 2.71. The van der Waals surface area contributed by atoms with Gasteiger partial charge in [0.2, 0.25) is 0 Å². The maximum absolute atomic E-state index is 10.2. The maximum atomic E-state index is 10.2. The number of nitro groups is 1. The molecular weight excluding hydrogens is 190 g/mol. The van der Waals surface area contributed by atoms with Crippen molar-refractivity contribution in [3.63, 3.8) is 0 Å². The third kappa shape index (κ3) is 3.14. The van der Waals surface area contributed by atoms with Crippen molar-refractivity contribution in [2.45, 2.75) is 0 Å². The largest absolute Gasteiger partial charge is 0.365 e. The van der Waals surface area contributed by atoms with Crippen LogP contribution in [0.15, 0.2) is 12.0 Å². The molecule has 0 aliphatic carbocycles. The van der Waals surface area contributed by atoms with E-state index in [1.807, 2.05) is 11.2 Å². The van der Waals surface area contributed by atoms with E-state index in [0.717, 1.165) is 31.6 Å². The molecule has 0 amide bonds. The summed E-state index contributed by atoms with van der Waals surface area (Å²) >= 11 is 1.74. The van der Waals surface area contributed by atoms with Gasteiger partial charge in [0.25, 0.3) is 6.20 Å². The zero-order valence-corrected chi connectivity index (χ0v) is 8.34. The molecule has 0 aromatic heterocycles. The molecule has 0 unspecified atom stereocenters. The molecule has 0 aromatic rings. The Kier molecular flexibility index (Phi) is 3.88. The van der Waals surface area contributed by atoms with Gasteiger partial charge < -0.3 is 10.2 Å². The number of thioether (sulfide) groups is 1. The average Bonchev–Trinajstić information content (AvgIpc) is 2.48. The summed E-state index contributed by atoms with van der Waals surface area (Å²) in [4.78, 5) is 11.8. The molecule has 74 valence electrons. The van der Waals surface area contributed by atoms with Crippen LogP contribution >= 0.6 is 11.8 Å². The van der Waals surface area contributed by atoms with Crippen molar-refractivity contribution < 1.29 is 4.92 Å². The van der Waals surface area contributed by atoms with E-state index in [1.165, 1.54) is 0 Å². The predicted molar refractivity (Wildman–Crippen MR) is 53.0 cm³/mol. The first-order valence-corrected chi connectivity index (χ1v) is 5.46. The predicted octanol–water partition coefficient (Wildman–Crippen LogP) is 0.330. The molecule has 1 fully saturated rings. The van der Waals surface area contributed by atoms with E-state index in [1.54, 1.807) is 11.8 Å². The first-order valence-electron chi connectivity index (χ1n) is 4.07. The van der Waals surface area contributed by atoms with Crippen molar-refractivity contribution in [1.29, 1.82) is 0 Å². The van der Waals surface area contributed by atoms with E-state index in [9.17, 15) is 10.1 Å². The molecule has 1 N–H and O–H groups in total. The van der Waals surface area contributed by atoms with Crippen LogP contribution < -0.4 is 5.32 Å². The molecule has 6 heteroatoms. The van der Waals surface area contributed by atoms with Crippen LogP contribution in [0, 0.1) is 10.1 Å². The van der Waals surface area contributed by atoms with Crippen LogP contribution in [-0.2, 0) is 0 Å². The van der Waals surface area contributed by atoms with Gasteiger partial charge in [0, 0.05) is 25.4 Å². The Hall–Kier alpha value is -0.910. The van der Waals surface area contributed by atoms with Crippen molar-refractivity contribution in [1.82, 2.24) is 10.2 Å². The third-order valence-electron chi connectivity index (χ3n) is 1.82. The Bertz CT molecular complexity index is 220. The zero-order chi connectivity index (χ0) is 9.68. The summed E-state index contributed by atoms with van der Waals surface area (Å²) in [5.74, 6) is 1.63. The molecule has 0 atom stereocenters. The van der Waals surface area contributed by atoms with Crippen LogP contribution in [0.25, 0.3) is 0 Å². The minimum absolute atomic E-state index is 0.417. The van der Waals surface area contributed by atoms with Gasteiger partial charge in [0.1, 0.15) is 0 Å². The van der Waals surface area contributed by atoms with Gasteiger partial charge in [-0.1, -0.05) is 0 Å². The van der Waals surface area contributed by atoms with Crippen LogP contribution in [0.3, 0.4) is 0 Å². The molecule has 1 rings (SSSR count). The number of hydrogen-bond acceptors (Lipinski definition) is 5. The van der Waals surface area contributed by atoms with Gasteiger partial charge in [-0.15, -0.1) is 0 Å². The molecule has 1 heterocycles. The molecule has 1 saturated heterocycles. The summed E-state index contributed by atoms with van der Waals surface area (Å²) in [6.07, 6.45) is 3.06. The van der Waals surface area contributed by atoms with Crippen LogP contribution in [-0.4, -0.2) is 41.5 Å².